The number of ketones is 1. The number of ether oxygens (including phenoxy) is 2. The first-order chi connectivity index (χ1) is 13.3. The maximum atomic E-state index is 12.1. The molecule has 0 saturated carbocycles. The largest absolute Gasteiger partial charge is 0.495 e. The van der Waals surface area contributed by atoms with Gasteiger partial charge in [-0.2, -0.15) is 0 Å². The van der Waals surface area contributed by atoms with Crippen LogP contribution in [0.5, 0.6) is 5.75 Å². The van der Waals surface area contributed by atoms with E-state index in [9.17, 15) is 18.0 Å². The van der Waals surface area contributed by atoms with Crippen LogP contribution in [-0.4, -0.2) is 40.9 Å². The fourth-order valence-corrected chi connectivity index (χ4v) is 3.24. The molecule has 0 fully saturated rings. The van der Waals surface area contributed by atoms with Crippen molar-refractivity contribution in [1.29, 1.82) is 0 Å². The van der Waals surface area contributed by atoms with Gasteiger partial charge in [-0.1, -0.05) is 17.7 Å². The number of methoxy groups -OCH3 is 1. The second kappa shape index (κ2) is 9.50. The first-order valence-corrected chi connectivity index (χ1v) is 9.88. The summed E-state index contributed by atoms with van der Waals surface area (Å²) in [6.07, 6.45) is 2.48. The van der Waals surface area contributed by atoms with Gasteiger partial charge >= 0.3 is 5.97 Å². The first kappa shape index (κ1) is 21.6. The molecule has 0 spiro atoms. The molecular weight excluding hydrogens is 406 g/mol. The molecular formula is C19H18ClNO6S. The predicted molar refractivity (Wildman–Crippen MR) is 105 cm³/mol. The second-order valence-corrected chi connectivity index (χ2v) is 7.78. The summed E-state index contributed by atoms with van der Waals surface area (Å²) in [5.74, 6) is -0.941. The van der Waals surface area contributed by atoms with Gasteiger partial charge in [-0.05, 0) is 55.1 Å². The van der Waals surface area contributed by atoms with Crippen molar-refractivity contribution in [3.05, 3.63) is 64.7 Å². The van der Waals surface area contributed by atoms with Crippen LogP contribution in [0.25, 0.3) is 6.08 Å². The van der Waals surface area contributed by atoms with Gasteiger partial charge in [0.05, 0.1) is 7.11 Å². The van der Waals surface area contributed by atoms with Crippen LogP contribution in [-0.2, 0) is 19.6 Å². The molecule has 148 valence electrons. The Labute approximate surface area is 168 Å². The SMILES string of the molecule is CNS(=O)(=O)c1cc(/C=C/C(=O)OCC(=O)c2ccc(Cl)cc2)ccc1OC. The van der Waals surface area contributed by atoms with Crippen molar-refractivity contribution in [2.75, 3.05) is 20.8 Å². The third-order valence-electron chi connectivity index (χ3n) is 3.67. The third kappa shape index (κ3) is 5.66. The van der Waals surface area contributed by atoms with E-state index in [0.29, 0.717) is 16.1 Å². The molecule has 0 unspecified atom stereocenters. The second-order valence-electron chi connectivity index (χ2n) is 5.49. The van der Waals surface area contributed by atoms with Gasteiger partial charge in [0.2, 0.25) is 10.0 Å². The molecule has 2 aromatic carbocycles. The smallest absolute Gasteiger partial charge is 0.331 e. The number of rotatable bonds is 8. The highest BCUT2D eigenvalue weighted by Gasteiger charge is 2.17. The average Bonchev–Trinajstić information content (AvgIpc) is 2.70. The molecule has 0 bridgehead atoms. The third-order valence-corrected chi connectivity index (χ3v) is 5.36. The molecule has 0 aliphatic rings. The Hall–Kier alpha value is -2.68. The van der Waals surface area contributed by atoms with Crippen molar-refractivity contribution in [1.82, 2.24) is 4.72 Å². The van der Waals surface area contributed by atoms with Crippen LogP contribution in [0.3, 0.4) is 0 Å². The fourth-order valence-electron chi connectivity index (χ4n) is 2.19. The van der Waals surface area contributed by atoms with Crippen LogP contribution in [0, 0.1) is 0 Å². The quantitative estimate of drug-likeness (QED) is 0.398. The Kier molecular flexibility index (Phi) is 7.33. The molecule has 28 heavy (non-hydrogen) atoms. The van der Waals surface area contributed by atoms with E-state index < -0.39 is 22.6 Å². The molecule has 0 radical (unpaired) electrons. The van der Waals surface area contributed by atoms with E-state index in [4.69, 9.17) is 21.1 Å². The first-order valence-electron chi connectivity index (χ1n) is 8.02. The molecule has 0 aliphatic carbocycles. The van der Waals surface area contributed by atoms with E-state index in [1.807, 2.05) is 0 Å². The Morgan fingerprint density at radius 2 is 1.82 bits per heavy atom. The summed E-state index contributed by atoms with van der Waals surface area (Å²) >= 11 is 5.76. The lowest BCUT2D eigenvalue weighted by molar-refractivity contribution is -0.136. The maximum absolute atomic E-state index is 12.1. The number of Topliss-reactive ketones (excluding diaryl/α,β-unsaturated/α-hetero) is 1. The maximum Gasteiger partial charge on any atom is 0.331 e. The molecule has 1 N–H and O–H groups in total. The highest BCUT2D eigenvalue weighted by molar-refractivity contribution is 7.89. The van der Waals surface area contributed by atoms with Gasteiger partial charge in [0, 0.05) is 16.7 Å². The summed E-state index contributed by atoms with van der Waals surface area (Å²) in [7, 11) is -1.10. The molecule has 0 aromatic heterocycles. The number of carbonyl (C=O) groups is 2. The number of hydrogen-bond donors (Lipinski definition) is 1. The molecule has 0 aliphatic heterocycles. The molecule has 0 heterocycles. The van der Waals surface area contributed by atoms with Gasteiger partial charge in [0.25, 0.3) is 0 Å². The Morgan fingerprint density at radius 1 is 1.14 bits per heavy atom. The highest BCUT2D eigenvalue weighted by atomic mass is 35.5. The van der Waals surface area contributed by atoms with Crippen LogP contribution in [0.4, 0.5) is 0 Å². The number of benzene rings is 2. The van der Waals surface area contributed by atoms with E-state index in [1.54, 1.807) is 18.2 Å². The minimum absolute atomic E-state index is 0.0640. The van der Waals surface area contributed by atoms with Gasteiger partial charge in [-0.25, -0.2) is 17.9 Å². The minimum atomic E-state index is -3.74. The number of esters is 1. The van der Waals surface area contributed by atoms with Crippen LogP contribution >= 0.6 is 11.6 Å². The highest BCUT2D eigenvalue weighted by Crippen LogP contribution is 2.25. The zero-order chi connectivity index (χ0) is 20.7. The van der Waals surface area contributed by atoms with E-state index in [2.05, 4.69) is 4.72 Å². The van der Waals surface area contributed by atoms with Gasteiger partial charge in [-0.3, -0.25) is 4.79 Å². The Morgan fingerprint density at radius 3 is 2.43 bits per heavy atom. The number of nitrogens with one attached hydrogen (secondary N) is 1. The number of hydrogen-bond acceptors (Lipinski definition) is 6. The van der Waals surface area contributed by atoms with E-state index in [-0.39, 0.29) is 16.4 Å². The van der Waals surface area contributed by atoms with E-state index in [0.717, 1.165) is 6.08 Å². The predicted octanol–water partition coefficient (Wildman–Crippen LogP) is 2.70. The molecule has 0 atom stereocenters. The van der Waals surface area contributed by atoms with Crippen LogP contribution < -0.4 is 9.46 Å². The fraction of sp³-hybridized carbons (Fsp3) is 0.158. The zero-order valence-electron chi connectivity index (χ0n) is 15.1. The van der Waals surface area contributed by atoms with Crippen molar-refractivity contribution < 1.29 is 27.5 Å². The summed E-state index contributed by atoms with van der Waals surface area (Å²) in [4.78, 5) is 23.7. The van der Waals surface area contributed by atoms with Crippen LogP contribution in [0.2, 0.25) is 5.02 Å². The number of sulfonamides is 1. The van der Waals surface area contributed by atoms with E-state index >= 15 is 0 Å². The van der Waals surface area contributed by atoms with Gasteiger partial charge in [-0.15, -0.1) is 0 Å². The number of carbonyl (C=O) groups excluding carboxylic acids is 2. The molecule has 7 nitrogen and oxygen atoms in total. The summed E-state index contributed by atoms with van der Waals surface area (Å²) in [5.41, 5.74) is 0.814. The van der Waals surface area contributed by atoms with Crippen molar-refractivity contribution in [3.8, 4) is 5.75 Å². The van der Waals surface area contributed by atoms with Crippen LogP contribution in [0.15, 0.2) is 53.4 Å². The van der Waals surface area contributed by atoms with Gasteiger partial charge in [0.15, 0.2) is 12.4 Å². The Bertz CT molecular complexity index is 1000. The topological polar surface area (TPSA) is 98.8 Å². The lowest BCUT2D eigenvalue weighted by Gasteiger charge is -2.09. The monoisotopic (exact) mass is 423 g/mol. The Balaban J connectivity index is 2.04. The lowest BCUT2D eigenvalue weighted by Crippen LogP contribution is -2.19. The minimum Gasteiger partial charge on any atom is -0.495 e. The summed E-state index contributed by atoms with van der Waals surface area (Å²) in [5, 5.41) is 0.496. The normalized spacial score (nSPS) is 11.4. The summed E-state index contributed by atoms with van der Waals surface area (Å²) in [6.45, 7) is -0.424. The zero-order valence-corrected chi connectivity index (χ0v) is 16.7. The molecule has 2 rings (SSSR count). The van der Waals surface area contributed by atoms with Gasteiger partial charge in [0.1, 0.15) is 10.6 Å². The summed E-state index contributed by atoms with van der Waals surface area (Å²) < 4.78 is 36.3. The van der Waals surface area contributed by atoms with Gasteiger partial charge < -0.3 is 9.47 Å². The van der Waals surface area contributed by atoms with Crippen molar-refractivity contribution in [3.63, 3.8) is 0 Å². The summed E-state index contributed by atoms with van der Waals surface area (Å²) in [6, 6.07) is 10.6. The van der Waals surface area contributed by atoms with Crippen molar-refractivity contribution >= 4 is 39.5 Å². The van der Waals surface area contributed by atoms with Crippen LogP contribution in [0.1, 0.15) is 15.9 Å². The molecule has 2 aromatic rings. The molecule has 0 saturated heterocycles. The molecule has 9 heteroatoms. The van der Waals surface area contributed by atoms with E-state index in [1.165, 1.54) is 44.5 Å². The standard InChI is InChI=1S/C19H18ClNO6S/c1-21-28(24,25)18-11-13(3-9-17(18)26-2)4-10-19(23)27-12-16(22)14-5-7-15(20)8-6-14/h3-11,21H,12H2,1-2H3/b10-4+. The average molecular weight is 424 g/mol. The van der Waals surface area contributed by atoms with Crippen molar-refractivity contribution in [2.45, 2.75) is 4.90 Å². The molecule has 0 amide bonds. The lowest BCUT2D eigenvalue weighted by atomic mass is 10.1. The van der Waals surface area contributed by atoms with Crippen molar-refractivity contribution in [2.24, 2.45) is 0 Å². The number of halogens is 1.